The number of hydrogen-bond acceptors (Lipinski definition) is 2. The Hall–Kier alpha value is -1.87. The summed E-state index contributed by atoms with van der Waals surface area (Å²) in [6, 6.07) is 16.3. The van der Waals surface area contributed by atoms with Crippen LogP contribution in [-0.4, -0.2) is 0 Å². The molecule has 0 saturated heterocycles. The first-order valence-corrected chi connectivity index (χ1v) is 5.13. The zero-order valence-electron chi connectivity index (χ0n) is 8.78. The monoisotopic (exact) mass is 216 g/mol. The highest BCUT2D eigenvalue weighted by Gasteiger charge is 1.93. The lowest BCUT2D eigenvalue weighted by Gasteiger charge is -2.08. The number of benzene rings is 2. The fourth-order valence-corrected chi connectivity index (χ4v) is 1.38. The number of nitrogens with one attached hydrogen (secondary N) is 2. The van der Waals surface area contributed by atoms with Gasteiger partial charge in [-0.05, 0) is 29.8 Å². The fraction of sp³-hybridized carbons (Fsp3) is 0.0769. The van der Waals surface area contributed by atoms with E-state index in [2.05, 4.69) is 10.9 Å². The zero-order valence-corrected chi connectivity index (χ0v) is 8.78. The Morgan fingerprint density at radius 1 is 0.875 bits per heavy atom. The summed E-state index contributed by atoms with van der Waals surface area (Å²) in [4.78, 5) is 0. The van der Waals surface area contributed by atoms with Crippen LogP contribution in [0.4, 0.5) is 10.1 Å². The van der Waals surface area contributed by atoms with Gasteiger partial charge in [-0.1, -0.05) is 30.3 Å². The number of hydrogen-bond donors (Lipinski definition) is 2. The van der Waals surface area contributed by atoms with Crippen LogP contribution in [0.3, 0.4) is 0 Å². The Morgan fingerprint density at radius 2 is 1.56 bits per heavy atom. The van der Waals surface area contributed by atoms with Crippen molar-refractivity contribution in [3.05, 3.63) is 66.0 Å². The van der Waals surface area contributed by atoms with E-state index in [9.17, 15) is 4.39 Å². The molecule has 0 aliphatic heterocycles. The molecule has 0 aromatic heterocycles. The van der Waals surface area contributed by atoms with Crippen LogP contribution in [0, 0.1) is 5.82 Å². The molecule has 2 N–H and O–H groups in total. The van der Waals surface area contributed by atoms with Crippen LogP contribution in [0.5, 0.6) is 0 Å². The van der Waals surface area contributed by atoms with Gasteiger partial charge in [0, 0.05) is 12.2 Å². The highest BCUT2D eigenvalue weighted by molar-refractivity contribution is 5.41. The Bertz CT molecular complexity index is 425. The summed E-state index contributed by atoms with van der Waals surface area (Å²) in [7, 11) is 0. The standard InChI is InChI=1S/C13H13FN2/c14-12-6-8-13(9-7-12)16-15-10-11-4-2-1-3-5-11/h1-9,15-16H,10H2. The fourth-order valence-electron chi connectivity index (χ4n) is 1.38. The summed E-state index contributed by atoms with van der Waals surface area (Å²) in [5.41, 5.74) is 8.11. The molecule has 0 saturated carbocycles. The minimum absolute atomic E-state index is 0.228. The van der Waals surface area contributed by atoms with Crippen LogP contribution in [0.25, 0.3) is 0 Å². The summed E-state index contributed by atoms with van der Waals surface area (Å²) >= 11 is 0. The molecule has 2 rings (SSSR count). The second-order valence-electron chi connectivity index (χ2n) is 3.47. The Kier molecular flexibility index (Phi) is 3.51. The van der Waals surface area contributed by atoms with E-state index in [1.54, 1.807) is 12.1 Å². The Balaban J connectivity index is 1.82. The highest BCUT2D eigenvalue weighted by atomic mass is 19.1. The molecule has 0 amide bonds. The number of halogens is 1. The average molecular weight is 216 g/mol. The molecule has 16 heavy (non-hydrogen) atoms. The van der Waals surface area contributed by atoms with Gasteiger partial charge in [0.05, 0.1) is 0 Å². The number of rotatable bonds is 4. The third-order valence-electron chi connectivity index (χ3n) is 2.21. The third-order valence-corrected chi connectivity index (χ3v) is 2.21. The average Bonchev–Trinajstić information content (AvgIpc) is 2.33. The van der Waals surface area contributed by atoms with Crippen molar-refractivity contribution in [1.29, 1.82) is 0 Å². The predicted octanol–water partition coefficient (Wildman–Crippen LogP) is 2.94. The lowest BCUT2D eigenvalue weighted by Crippen LogP contribution is -2.20. The first-order valence-electron chi connectivity index (χ1n) is 5.13. The first-order chi connectivity index (χ1) is 7.84. The van der Waals surface area contributed by atoms with E-state index in [1.807, 2.05) is 30.3 Å². The molecule has 0 aliphatic rings. The summed E-state index contributed by atoms with van der Waals surface area (Å²) in [6.45, 7) is 0.720. The van der Waals surface area contributed by atoms with Crippen LogP contribution in [0.15, 0.2) is 54.6 Å². The lowest BCUT2D eigenvalue weighted by atomic mass is 10.2. The molecular weight excluding hydrogens is 203 g/mol. The zero-order chi connectivity index (χ0) is 11.2. The van der Waals surface area contributed by atoms with Crippen LogP contribution in [0.2, 0.25) is 0 Å². The Morgan fingerprint density at radius 3 is 2.25 bits per heavy atom. The van der Waals surface area contributed by atoms with Crippen LogP contribution < -0.4 is 10.9 Å². The van der Waals surface area contributed by atoms with Crippen molar-refractivity contribution in [2.45, 2.75) is 6.54 Å². The van der Waals surface area contributed by atoms with Gasteiger partial charge in [0.15, 0.2) is 0 Å². The molecule has 0 aliphatic carbocycles. The van der Waals surface area contributed by atoms with E-state index in [4.69, 9.17) is 0 Å². The third kappa shape index (κ3) is 3.07. The first kappa shape index (κ1) is 10.6. The van der Waals surface area contributed by atoms with Gasteiger partial charge in [-0.2, -0.15) is 0 Å². The van der Waals surface area contributed by atoms with Gasteiger partial charge >= 0.3 is 0 Å². The Labute approximate surface area is 94.1 Å². The van der Waals surface area contributed by atoms with Crippen molar-refractivity contribution in [1.82, 2.24) is 5.43 Å². The summed E-state index contributed by atoms with van der Waals surface area (Å²) in [5, 5.41) is 0. The quantitative estimate of drug-likeness (QED) is 0.768. The summed E-state index contributed by atoms with van der Waals surface area (Å²) in [6.07, 6.45) is 0. The van der Waals surface area contributed by atoms with Gasteiger partial charge in [0.25, 0.3) is 0 Å². The molecule has 0 bridgehead atoms. The molecule has 2 aromatic rings. The van der Waals surface area contributed by atoms with Crippen molar-refractivity contribution in [3.8, 4) is 0 Å². The van der Waals surface area contributed by atoms with Gasteiger partial charge in [-0.3, -0.25) is 0 Å². The molecule has 0 heterocycles. The molecule has 3 heteroatoms. The molecule has 0 unspecified atom stereocenters. The van der Waals surface area contributed by atoms with Crippen molar-refractivity contribution in [2.75, 3.05) is 5.43 Å². The molecule has 2 aromatic carbocycles. The largest absolute Gasteiger partial charge is 0.321 e. The van der Waals surface area contributed by atoms with E-state index in [0.717, 1.165) is 12.2 Å². The SMILES string of the molecule is Fc1ccc(NNCc2ccccc2)cc1. The minimum Gasteiger partial charge on any atom is -0.321 e. The molecule has 2 nitrogen and oxygen atoms in total. The van der Waals surface area contributed by atoms with Crippen LogP contribution in [-0.2, 0) is 6.54 Å². The van der Waals surface area contributed by atoms with Crippen LogP contribution >= 0.6 is 0 Å². The van der Waals surface area contributed by atoms with Gasteiger partial charge in [0.1, 0.15) is 5.82 Å². The molecule has 82 valence electrons. The van der Waals surface area contributed by atoms with E-state index in [0.29, 0.717) is 0 Å². The molecular formula is C13H13FN2. The number of hydrazine groups is 1. The maximum atomic E-state index is 12.6. The van der Waals surface area contributed by atoms with Gasteiger partial charge < -0.3 is 5.43 Å². The second-order valence-corrected chi connectivity index (χ2v) is 3.47. The van der Waals surface area contributed by atoms with E-state index < -0.39 is 0 Å². The number of anilines is 1. The maximum Gasteiger partial charge on any atom is 0.123 e. The van der Waals surface area contributed by atoms with Crippen LogP contribution in [0.1, 0.15) is 5.56 Å². The van der Waals surface area contributed by atoms with E-state index in [1.165, 1.54) is 17.7 Å². The van der Waals surface area contributed by atoms with E-state index >= 15 is 0 Å². The highest BCUT2D eigenvalue weighted by Crippen LogP contribution is 2.06. The predicted molar refractivity (Wildman–Crippen MR) is 63.3 cm³/mol. The summed E-state index contributed by atoms with van der Waals surface area (Å²) < 4.78 is 12.6. The molecule has 0 radical (unpaired) electrons. The van der Waals surface area contributed by atoms with Gasteiger partial charge in [0.2, 0.25) is 0 Å². The normalized spacial score (nSPS) is 10.1. The van der Waals surface area contributed by atoms with Crippen molar-refractivity contribution >= 4 is 5.69 Å². The summed E-state index contributed by atoms with van der Waals surface area (Å²) in [5.74, 6) is -0.228. The lowest BCUT2D eigenvalue weighted by molar-refractivity contribution is 0.628. The van der Waals surface area contributed by atoms with Crippen molar-refractivity contribution in [2.24, 2.45) is 0 Å². The molecule has 0 spiro atoms. The van der Waals surface area contributed by atoms with E-state index in [-0.39, 0.29) is 5.82 Å². The van der Waals surface area contributed by atoms with Gasteiger partial charge in [-0.15, -0.1) is 0 Å². The van der Waals surface area contributed by atoms with Gasteiger partial charge in [-0.25, -0.2) is 9.82 Å². The topological polar surface area (TPSA) is 24.1 Å². The maximum absolute atomic E-state index is 12.6. The minimum atomic E-state index is -0.228. The van der Waals surface area contributed by atoms with Crippen molar-refractivity contribution < 1.29 is 4.39 Å². The van der Waals surface area contributed by atoms with Crippen molar-refractivity contribution in [3.63, 3.8) is 0 Å². The molecule has 0 atom stereocenters. The second kappa shape index (κ2) is 5.28. The molecule has 0 fully saturated rings. The smallest absolute Gasteiger partial charge is 0.123 e.